The summed E-state index contributed by atoms with van der Waals surface area (Å²) < 4.78 is 14.2. The normalized spacial score (nSPS) is 41.8. The lowest BCUT2D eigenvalue weighted by molar-refractivity contribution is -0.136. The molecule has 194 valence electrons. The van der Waals surface area contributed by atoms with Crippen LogP contribution in [-0.2, 0) is 4.79 Å². The third kappa shape index (κ3) is 5.07. The number of hydrogen-bond donors (Lipinski definition) is 2. The highest BCUT2D eigenvalue weighted by Gasteiger charge is 2.63. The van der Waals surface area contributed by atoms with Crippen LogP contribution in [0.15, 0.2) is 12.2 Å². The van der Waals surface area contributed by atoms with Crippen LogP contribution in [0.5, 0.6) is 0 Å². The predicted molar refractivity (Wildman–Crippen MR) is 138 cm³/mol. The van der Waals surface area contributed by atoms with Crippen molar-refractivity contribution in [3.8, 4) is 0 Å². The number of piperidine rings is 1. The number of likely N-dealkylation sites (tertiary alicyclic amines) is 1. The zero-order valence-corrected chi connectivity index (χ0v) is 22.2. The van der Waals surface area contributed by atoms with Crippen LogP contribution in [0.3, 0.4) is 0 Å². The highest BCUT2D eigenvalue weighted by Crippen LogP contribution is 2.66. The van der Waals surface area contributed by atoms with Gasteiger partial charge >= 0.3 is 0 Å². The first-order chi connectivity index (χ1) is 16.2. The summed E-state index contributed by atoms with van der Waals surface area (Å²) in [6.45, 7) is 16.4. The molecule has 0 spiro atoms. The van der Waals surface area contributed by atoms with Crippen LogP contribution in [-0.4, -0.2) is 53.9 Å². The molecular formula is C29H49FN2O2. The number of halogens is 1. The van der Waals surface area contributed by atoms with Crippen molar-refractivity contribution in [3.05, 3.63) is 12.2 Å². The summed E-state index contributed by atoms with van der Waals surface area (Å²) in [7, 11) is 0. The molecule has 1 saturated heterocycles. The number of β-amino-alcohol motifs (C(OH)–C–C–N with tert-alkyl or cyclic N) is 1. The number of allylic oxidation sites excluding steroid dienone is 1. The fraction of sp³-hybridized carbons (Fsp3) is 0.862. The van der Waals surface area contributed by atoms with E-state index < -0.39 is 11.6 Å². The van der Waals surface area contributed by atoms with E-state index in [2.05, 4.69) is 18.4 Å². The molecule has 0 aromatic carbocycles. The largest absolute Gasteiger partial charge is 0.395 e. The van der Waals surface area contributed by atoms with Gasteiger partial charge in [-0.3, -0.25) is 4.79 Å². The number of carbonyl (C=O) groups is 1. The zero-order chi connectivity index (χ0) is 25.1. The molecule has 0 radical (unpaired) electrons. The number of aliphatic hydroxyl groups is 1. The molecule has 5 fully saturated rings. The van der Waals surface area contributed by atoms with Gasteiger partial charge in [0.1, 0.15) is 0 Å². The standard InChI is InChI=1S/C20H28FNO.C7H15NO.C2H6/c1-11-8-13-14(19(2)6-4-12(22)9-15(11)19)5-7-20(3)16(13)10-17(21)18(20)23;9-7-6-8-4-2-1-3-5-8;1-2/h13-17,22H,1,4-10H2,2-3H3;9H,1-7H2;1-2H3/t13?,14?,15?,16?,17?,19-,20+;;/m1../s1. The number of nitrogens with zero attached hydrogens (tertiary/aromatic N) is 1. The highest BCUT2D eigenvalue weighted by atomic mass is 19.1. The van der Waals surface area contributed by atoms with Crippen LogP contribution in [0.2, 0.25) is 0 Å². The molecule has 5 aliphatic rings. The number of fused-ring (bicyclic) bond motifs is 5. The van der Waals surface area contributed by atoms with E-state index in [0.717, 1.165) is 50.8 Å². The van der Waals surface area contributed by atoms with E-state index in [1.165, 1.54) is 37.9 Å². The number of nitrogens with one attached hydrogen (secondary N) is 1. The maximum absolute atomic E-state index is 14.2. The van der Waals surface area contributed by atoms with Crippen LogP contribution < -0.4 is 0 Å². The van der Waals surface area contributed by atoms with E-state index in [9.17, 15) is 9.18 Å². The number of Topliss-reactive ketones (excluding diaryl/α,β-unsaturated/α-hetero) is 1. The van der Waals surface area contributed by atoms with Gasteiger partial charge in [0.2, 0.25) is 0 Å². The third-order valence-electron chi connectivity index (χ3n) is 10.0. The molecule has 7 atom stereocenters. The van der Waals surface area contributed by atoms with Gasteiger partial charge in [0.15, 0.2) is 12.0 Å². The number of carbonyl (C=O) groups excluding carboxylic acids is 1. The lowest BCUT2D eigenvalue weighted by Gasteiger charge is -2.60. The molecule has 5 unspecified atom stereocenters. The number of hydrogen-bond acceptors (Lipinski definition) is 4. The second-order valence-electron chi connectivity index (χ2n) is 11.8. The quantitative estimate of drug-likeness (QED) is 0.465. The molecule has 1 heterocycles. The molecule has 2 N–H and O–H groups in total. The van der Waals surface area contributed by atoms with Crippen molar-refractivity contribution in [1.29, 1.82) is 5.41 Å². The number of rotatable bonds is 2. The van der Waals surface area contributed by atoms with E-state index in [0.29, 0.717) is 30.8 Å². The van der Waals surface area contributed by atoms with E-state index >= 15 is 0 Å². The van der Waals surface area contributed by atoms with Crippen LogP contribution in [0.1, 0.15) is 91.9 Å². The van der Waals surface area contributed by atoms with Gasteiger partial charge in [-0.05, 0) is 100.0 Å². The van der Waals surface area contributed by atoms with Gasteiger partial charge < -0.3 is 15.4 Å². The number of ketones is 1. The van der Waals surface area contributed by atoms with Crippen molar-refractivity contribution in [1.82, 2.24) is 4.90 Å². The molecule has 1 aliphatic heterocycles. The van der Waals surface area contributed by atoms with E-state index in [4.69, 9.17) is 10.5 Å². The number of alkyl halides is 1. The summed E-state index contributed by atoms with van der Waals surface area (Å²) in [5, 5.41) is 16.7. The molecular weight excluding hydrogens is 427 g/mol. The van der Waals surface area contributed by atoms with Gasteiger partial charge in [-0.1, -0.05) is 46.3 Å². The van der Waals surface area contributed by atoms with Gasteiger partial charge in [-0.15, -0.1) is 0 Å². The average molecular weight is 477 g/mol. The van der Waals surface area contributed by atoms with Gasteiger partial charge in [-0.25, -0.2) is 4.39 Å². The Morgan fingerprint density at radius 1 is 1.12 bits per heavy atom. The van der Waals surface area contributed by atoms with Crippen LogP contribution in [0.4, 0.5) is 4.39 Å². The molecule has 34 heavy (non-hydrogen) atoms. The lowest BCUT2D eigenvalue weighted by atomic mass is 9.44. The Labute approximate surface area is 207 Å². The smallest absolute Gasteiger partial charge is 0.173 e. The van der Waals surface area contributed by atoms with Gasteiger partial charge in [0.05, 0.1) is 6.61 Å². The topological polar surface area (TPSA) is 64.4 Å². The summed E-state index contributed by atoms with van der Waals surface area (Å²) in [4.78, 5) is 14.7. The molecule has 4 nitrogen and oxygen atoms in total. The SMILES string of the molecule is C=C1CC2C(CC[C@]3(C)C(=O)C(F)CC23)[C@@]2(C)CCC(=N)CC12.CC.OCCN1CCCCC1. The molecule has 4 aliphatic carbocycles. The second-order valence-corrected chi connectivity index (χ2v) is 11.8. The minimum absolute atomic E-state index is 0.135. The zero-order valence-electron chi connectivity index (χ0n) is 22.2. The Hall–Kier alpha value is -1.07. The Balaban J connectivity index is 0.000000248. The van der Waals surface area contributed by atoms with E-state index in [-0.39, 0.29) is 17.1 Å². The minimum atomic E-state index is -1.25. The van der Waals surface area contributed by atoms with Gasteiger partial charge in [-0.2, -0.15) is 0 Å². The van der Waals surface area contributed by atoms with Crippen molar-refractivity contribution in [3.63, 3.8) is 0 Å². The first-order valence-electron chi connectivity index (χ1n) is 14.0. The van der Waals surface area contributed by atoms with E-state index in [1.54, 1.807) is 0 Å². The fourth-order valence-electron chi connectivity index (χ4n) is 8.14. The first kappa shape index (κ1) is 27.5. The molecule has 5 rings (SSSR count). The maximum Gasteiger partial charge on any atom is 0.173 e. The van der Waals surface area contributed by atoms with E-state index in [1.807, 2.05) is 20.8 Å². The van der Waals surface area contributed by atoms with Crippen molar-refractivity contribution in [2.75, 3.05) is 26.2 Å². The van der Waals surface area contributed by atoms with Crippen LogP contribution >= 0.6 is 0 Å². The van der Waals surface area contributed by atoms with Gasteiger partial charge in [0, 0.05) is 17.7 Å². The summed E-state index contributed by atoms with van der Waals surface area (Å²) >= 11 is 0. The number of aliphatic hydroxyl groups excluding tert-OH is 1. The monoisotopic (exact) mass is 476 g/mol. The van der Waals surface area contributed by atoms with Crippen molar-refractivity contribution in [2.45, 2.75) is 98.1 Å². The Kier molecular flexibility index (Phi) is 9.17. The Morgan fingerprint density at radius 2 is 1.79 bits per heavy atom. The Bertz CT molecular complexity index is 746. The molecule has 5 heteroatoms. The average Bonchev–Trinajstić information content (AvgIpc) is 3.07. The Morgan fingerprint density at radius 3 is 2.44 bits per heavy atom. The fourth-order valence-corrected chi connectivity index (χ4v) is 8.14. The summed E-state index contributed by atoms with van der Waals surface area (Å²) in [5.41, 5.74) is 1.89. The summed E-state index contributed by atoms with van der Waals surface area (Å²) in [5.74, 6) is 1.47. The molecule has 4 saturated carbocycles. The van der Waals surface area contributed by atoms with Gasteiger partial charge in [0.25, 0.3) is 0 Å². The first-order valence-corrected chi connectivity index (χ1v) is 14.0. The van der Waals surface area contributed by atoms with Crippen molar-refractivity contribution < 1.29 is 14.3 Å². The summed E-state index contributed by atoms with van der Waals surface area (Å²) in [6, 6.07) is 0. The summed E-state index contributed by atoms with van der Waals surface area (Å²) in [6.07, 6.45) is 8.87. The molecule has 0 aromatic rings. The predicted octanol–water partition coefficient (Wildman–Crippen LogP) is 6.22. The highest BCUT2D eigenvalue weighted by molar-refractivity contribution is 5.91. The van der Waals surface area contributed by atoms with Crippen molar-refractivity contribution >= 4 is 11.5 Å². The molecule has 0 amide bonds. The van der Waals surface area contributed by atoms with Crippen LogP contribution in [0.25, 0.3) is 0 Å². The molecule has 0 bridgehead atoms. The minimum Gasteiger partial charge on any atom is -0.395 e. The third-order valence-corrected chi connectivity index (χ3v) is 10.0. The maximum atomic E-state index is 14.2. The second kappa shape index (κ2) is 11.3. The van der Waals surface area contributed by atoms with Crippen molar-refractivity contribution in [2.24, 2.45) is 34.5 Å². The van der Waals surface area contributed by atoms with Crippen LogP contribution in [0, 0.1) is 39.9 Å². The molecule has 0 aromatic heterocycles. The lowest BCUT2D eigenvalue weighted by Crippen LogP contribution is -2.54.